The lowest BCUT2D eigenvalue weighted by Gasteiger charge is -2.57. The van der Waals surface area contributed by atoms with Crippen LogP contribution in [0.25, 0.3) is 0 Å². The summed E-state index contributed by atoms with van der Waals surface area (Å²) in [6.45, 7) is 15.3. The lowest BCUT2D eigenvalue weighted by atomic mass is 9.59. The molecule has 4 rings (SSSR count). The van der Waals surface area contributed by atoms with Gasteiger partial charge in [0.05, 0.1) is 0 Å². The monoisotopic (exact) mass is 347 g/mol. The average Bonchev–Trinajstić information content (AvgIpc) is 2.60. The minimum atomic E-state index is 0.732. The fourth-order valence-electron chi connectivity index (χ4n) is 6.13. The maximum atomic E-state index is 2.86. The van der Waals surface area contributed by atoms with E-state index in [1.165, 1.54) is 90.6 Å². The van der Waals surface area contributed by atoms with Gasteiger partial charge in [-0.25, -0.2) is 0 Å². The van der Waals surface area contributed by atoms with E-state index in [1.807, 2.05) is 0 Å². The first kappa shape index (κ1) is 18.3. The highest BCUT2D eigenvalue weighted by Crippen LogP contribution is 2.51. The van der Waals surface area contributed by atoms with Gasteiger partial charge in [0.1, 0.15) is 0 Å². The number of nitrogens with zero attached hydrogens (tertiary/aromatic N) is 3. The summed E-state index contributed by atoms with van der Waals surface area (Å²) in [6.07, 6.45) is 11.7. The molecule has 0 unspecified atom stereocenters. The van der Waals surface area contributed by atoms with Gasteiger partial charge in [-0.3, -0.25) is 0 Å². The van der Waals surface area contributed by atoms with Crippen molar-refractivity contribution in [3.63, 3.8) is 0 Å². The summed E-state index contributed by atoms with van der Waals surface area (Å²) in [4.78, 5) is 8.37. The Morgan fingerprint density at radius 3 is 1.80 bits per heavy atom. The van der Waals surface area contributed by atoms with E-state index in [-0.39, 0.29) is 0 Å². The number of likely N-dealkylation sites (tertiary alicyclic amines) is 3. The van der Waals surface area contributed by atoms with E-state index in [1.54, 1.807) is 0 Å². The largest absolute Gasteiger partial charge is 0.301 e. The minimum absolute atomic E-state index is 0.732. The van der Waals surface area contributed by atoms with Gasteiger partial charge in [-0.1, -0.05) is 6.92 Å². The van der Waals surface area contributed by atoms with Crippen LogP contribution in [0, 0.1) is 11.3 Å². The molecule has 1 saturated carbocycles. The Hall–Kier alpha value is -0.120. The predicted molar refractivity (Wildman–Crippen MR) is 106 cm³/mol. The van der Waals surface area contributed by atoms with Gasteiger partial charge < -0.3 is 14.7 Å². The number of hydrogen-bond donors (Lipinski definition) is 0. The van der Waals surface area contributed by atoms with E-state index in [0.717, 1.165) is 29.5 Å². The van der Waals surface area contributed by atoms with Crippen LogP contribution in [0.2, 0.25) is 0 Å². The Morgan fingerprint density at radius 1 is 0.720 bits per heavy atom. The normalized spacial score (nSPS) is 31.7. The molecule has 0 aromatic heterocycles. The number of rotatable bonds is 3. The van der Waals surface area contributed by atoms with Crippen molar-refractivity contribution < 1.29 is 0 Å². The van der Waals surface area contributed by atoms with Gasteiger partial charge in [0.2, 0.25) is 0 Å². The molecule has 0 atom stereocenters. The van der Waals surface area contributed by atoms with Crippen LogP contribution in [-0.4, -0.2) is 72.1 Å². The molecule has 3 nitrogen and oxygen atoms in total. The van der Waals surface area contributed by atoms with Gasteiger partial charge in [0.15, 0.2) is 0 Å². The molecule has 144 valence electrons. The first-order valence-electron chi connectivity index (χ1n) is 11.3. The van der Waals surface area contributed by atoms with Gasteiger partial charge >= 0.3 is 0 Å². The van der Waals surface area contributed by atoms with Crippen molar-refractivity contribution >= 4 is 0 Å². The quantitative estimate of drug-likeness (QED) is 0.768. The van der Waals surface area contributed by atoms with Crippen molar-refractivity contribution in [2.75, 3.05) is 39.3 Å². The van der Waals surface area contributed by atoms with Crippen LogP contribution in [0.1, 0.15) is 72.1 Å². The molecule has 0 N–H and O–H groups in total. The predicted octanol–water partition coefficient (Wildman–Crippen LogP) is 3.84. The molecule has 0 radical (unpaired) electrons. The highest BCUT2D eigenvalue weighted by Gasteiger charge is 2.48. The van der Waals surface area contributed by atoms with E-state index >= 15 is 0 Å². The van der Waals surface area contributed by atoms with Crippen LogP contribution >= 0.6 is 0 Å². The molecule has 25 heavy (non-hydrogen) atoms. The fraction of sp³-hybridized carbons (Fsp3) is 1.00. The molecule has 3 aliphatic heterocycles. The molecule has 1 spiro atoms. The van der Waals surface area contributed by atoms with E-state index < -0.39 is 0 Å². The van der Waals surface area contributed by atoms with E-state index in [9.17, 15) is 0 Å². The van der Waals surface area contributed by atoms with Gasteiger partial charge in [0.25, 0.3) is 0 Å². The van der Waals surface area contributed by atoms with E-state index in [4.69, 9.17) is 0 Å². The number of hydrogen-bond acceptors (Lipinski definition) is 3. The Morgan fingerprint density at radius 2 is 1.24 bits per heavy atom. The van der Waals surface area contributed by atoms with Crippen molar-refractivity contribution in [3.8, 4) is 0 Å². The van der Waals surface area contributed by atoms with Crippen LogP contribution < -0.4 is 0 Å². The van der Waals surface area contributed by atoms with Crippen molar-refractivity contribution in [1.82, 2.24) is 14.7 Å². The zero-order chi connectivity index (χ0) is 17.4. The molecule has 3 saturated heterocycles. The second kappa shape index (κ2) is 7.48. The SMILES string of the molecule is CC1CCN(C2CCN(C3CC4(CCN(C(C)C)CC4)C3)CC2)CC1. The van der Waals surface area contributed by atoms with Crippen molar-refractivity contribution in [2.45, 2.75) is 90.3 Å². The standard InChI is InChI=1S/C22H41N3/c1-18(2)23-14-8-22(9-15-23)16-21(17-22)25-12-6-20(7-13-25)24-10-4-19(3)5-11-24/h18-21H,4-17H2,1-3H3. The highest BCUT2D eigenvalue weighted by molar-refractivity contribution is 5.02. The minimum Gasteiger partial charge on any atom is -0.301 e. The van der Waals surface area contributed by atoms with Gasteiger partial charge in [-0.2, -0.15) is 0 Å². The zero-order valence-corrected chi connectivity index (χ0v) is 17.1. The van der Waals surface area contributed by atoms with Crippen molar-refractivity contribution in [2.24, 2.45) is 11.3 Å². The van der Waals surface area contributed by atoms with E-state index in [0.29, 0.717) is 0 Å². The molecule has 4 aliphatic rings. The summed E-state index contributed by atoms with van der Waals surface area (Å²) in [5, 5.41) is 0. The lowest BCUT2D eigenvalue weighted by Crippen LogP contribution is -2.58. The maximum absolute atomic E-state index is 2.86. The smallest absolute Gasteiger partial charge is 0.0120 e. The van der Waals surface area contributed by atoms with Crippen LogP contribution in [0.3, 0.4) is 0 Å². The van der Waals surface area contributed by atoms with Crippen LogP contribution in [0.5, 0.6) is 0 Å². The summed E-state index contributed by atoms with van der Waals surface area (Å²) in [6, 6.07) is 2.56. The first-order chi connectivity index (χ1) is 12.0. The Kier molecular flexibility index (Phi) is 5.46. The molecular weight excluding hydrogens is 306 g/mol. The lowest BCUT2D eigenvalue weighted by molar-refractivity contribution is -0.0594. The average molecular weight is 348 g/mol. The summed E-state index contributed by atoms with van der Waals surface area (Å²) >= 11 is 0. The van der Waals surface area contributed by atoms with Gasteiger partial charge in [0, 0.05) is 18.1 Å². The summed E-state index contributed by atoms with van der Waals surface area (Å²) in [5.74, 6) is 0.963. The number of piperidine rings is 3. The molecule has 0 amide bonds. The molecule has 0 aromatic rings. The fourth-order valence-corrected chi connectivity index (χ4v) is 6.13. The van der Waals surface area contributed by atoms with Crippen molar-refractivity contribution in [3.05, 3.63) is 0 Å². The Labute approximate surface area is 156 Å². The van der Waals surface area contributed by atoms with Gasteiger partial charge in [-0.15, -0.1) is 0 Å². The second-order valence-corrected chi connectivity index (χ2v) is 10.2. The molecule has 4 fully saturated rings. The van der Waals surface area contributed by atoms with Gasteiger partial charge in [-0.05, 0) is 116 Å². The summed E-state index contributed by atoms with van der Waals surface area (Å²) in [5.41, 5.74) is 0.732. The van der Waals surface area contributed by atoms with Crippen LogP contribution in [-0.2, 0) is 0 Å². The van der Waals surface area contributed by atoms with Crippen molar-refractivity contribution in [1.29, 1.82) is 0 Å². The summed E-state index contributed by atoms with van der Waals surface area (Å²) in [7, 11) is 0. The summed E-state index contributed by atoms with van der Waals surface area (Å²) < 4.78 is 0. The van der Waals surface area contributed by atoms with E-state index in [2.05, 4.69) is 35.5 Å². The third-order valence-corrected chi connectivity index (χ3v) is 8.28. The molecule has 1 aliphatic carbocycles. The third kappa shape index (κ3) is 3.94. The second-order valence-electron chi connectivity index (χ2n) is 10.2. The molecule has 0 aromatic carbocycles. The molecular formula is C22H41N3. The molecule has 3 heterocycles. The molecule has 3 heteroatoms. The zero-order valence-electron chi connectivity index (χ0n) is 17.1. The van der Waals surface area contributed by atoms with Crippen LogP contribution in [0.15, 0.2) is 0 Å². The molecule has 0 bridgehead atoms. The Balaban J connectivity index is 1.19. The highest BCUT2D eigenvalue weighted by atomic mass is 15.2. The third-order valence-electron chi connectivity index (χ3n) is 8.28. The topological polar surface area (TPSA) is 9.72 Å². The maximum Gasteiger partial charge on any atom is 0.0120 e. The first-order valence-corrected chi connectivity index (χ1v) is 11.3. The Bertz CT molecular complexity index is 417. The van der Waals surface area contributed by atoms with Crippen LogP contribution in [0.4, 0.5) is 0 Å².